The van der Waals surface area contributed by atoms with Crippen LogP contribution in [0.25, 0.3) is 0 Å². The lowest BCUT2D eigenvalue weighted by atomic mass is 9.87. The Labute approximate surface area is 160 Å². The second kappa shape index (κ2) is 10.3. The molecule has 2 atom stereocenters. The SMILES string of the molecule is COC(=O)C(C(=O)OC)[C@@H](C)[C@H](NC(=O)Cc1c(F)cccc1F)C(=O)OC. The molecule has 1 amide bonds. The highest BCUT2D eigenvalue weighted by Crippen LogP contribution is 2.21. The smallest absolute Gasteiger partial charge is 0.328 e. The van der Waals surface area contributed by atoms with Crippen LogP contribution in [0.4, 0.5) is 8.78 Å². The van der Waals surface area contributed by atoms with E-state index in [-0.39, 0.29) is 0 Å². The number of halogens is 2. The molecule has 0 aliphatic rings. The van der Waals surface area contributed by atoms with Gasteiger partial charge in [-0.3, -0.25) is 14.4 Å². The van der Waals surface area contributed by atoms with Gasteiger partial charge < -0.3 is 19.5 Å². The van der Waals surface area contributed by atoms with Crippen molar-refractivity contribution in [3.8, 4) is 0 Å². The number of ether oxygens (including phenoxy) is 3. The molecule has 0 fully saturated rings. The first-order valence-corrected chi connectivity index (χ1v) is 8.13. The molecular formula is C18H21F2NO7. The molecule has 1 rings (SSSR count). The van der Waals surface area contributed by atoms with E-state index < -0.39 is 65.3 Å². The fourth-order valence-corrected chi connectivity index (χ4v) is 2.59. The zero-order chi connectivity index (χ0) is 21.4. The van der Waals surface area contributed by atoms with Gasteiger partial charge in [0.25, 0.3) is 0 Å². The Morgan fingerprint density at radius 2 is 1.39 bits per heavy atom. The molecule has 0 radical (unpaired) electrons. The zero-order valence-electron chi connectivity index (χ0n) is 15.8. The number of hydrogen-bond acceptors (Lipinski definition) is 7. The maximum absolute atomic E-state index is 13.7. The van der Waals surface area contributed by atoms with Gasteiger partial charge in [-0.15, -0.1) is 0 Å². The van der Waals surface area contributed by atoms with Crippen LogP contribution < -0.4 is 5.32 Å². The van der Waals surface area contributed by atoms with Crippen molar-refractivity contribution in [1.29, 1.82) is 0 Å². The molecule has 8 nitrogen and oxygen atoms in total. The van der Waals surface area contributed by atoms with Gasteiger partial charge in [-0.05, 0) is 12.1 Å². The van der Waals surface area contributed by atoms with E-state index in [2.05, 4.69) is 19.5 Å². The van der Waals surface area contributed by atoms with Crippen molar-refractivity contribution in [2.75, 3.05) is 21.3 Å². The van der Waals surface area contributed by atoms with Crippen molar-refractivity contribution in [2.45, 2.75) is 19.4 Å². The molecule has 0 aliphatic heterocycles. The third-order valence-electron chi connectivity index (χ3n) is 4.13. The fourth-order valence-electron chi connectivity index (χ4n) is 2.59. The number of nitrogens with one attached hydrogen (secondary N) is 1. The Morgan fingerprint density at radius 3 is 1.82 bits per heavy atom. The number of rotatable bonds is 8. The Balaban J connectivity index is 3.10. The molecule has 1 aromatic rings. The van der Waals surface area contributed by atoms with Gasteiger partial charge in [-0.1, -0.05) is 13.0 Å². The first-order valence-electron chi connectivity index (χ1n) is 8.13. The summed E-state index contributed by atoms with van der Waals surface area (Å²) in [7, 11) is 3.12. The summed E-state index contributed by atoms with van der Waals surface area (Å²) < 4.78 is 41.2. The van der Waals surface area contributed by atoms with Crippen molar-refractivity contribution in [1.82, 2.24) is 5.32 Å². The van der Waals surface area contributed by atoms with Crippen LogP contribution in [0.3, 0.4) is 0 Å². The van der Waals surface area contributed by atoms with Crippen LogP contribution in [0.2, 0.25) is 0 Å². The molecule has 1 aromatic carbocycles. The molecule has 0 saturated carbocycles. The van der Waals surface area contributed by atoms with Crippen LogP contribution in [-0.4, -0.2) is 51.2 Å². The number of carbonyl (C=O) groups excluding carboxylic acids is 4. The van der Waals surface area contributed by atoms with Gasteiger partial charge in [-0.2, -0.15) is 0 Å². The van der Waals surface area contributed by atoms with E-state index in [0.29, 0.717) is 0 Å². The lowest BCUT2D eigenvalue weighted by Crippen LogP contribution is -2.51. The van der Waals surface area contributed by atoms with E-state index in [1.54, 1.807) is 0 Å². The minimum absolute atomic E-state index is 0.492. The molecule has 0 unspecified atom stereocenters. The van der Waals surface area contributed by atoms with E-state index in [1.165, 1.54) is 6.92 Å². The minimum atomic E-state index is -1.54. The lowest BCUT2D eigenvalue weighted by Gasteiger charge is -2.27. The normalized spacial score (nSPS) is 12.7. The van der Waals surface area contributed by atoms with Crippen LogP contribution in [0, 0.1) is 23.5 Å². The molecule has 154 valence electrons. The number of benzene rings is 1. The summed E-state index contributed by atoms with van der Waals surface area (Å²) in [5.41, 5.74) is -0.492. The summed E-state index contributed by atoms with van der Waals surface area (Å²) in [5, 5.41) is 2.25. The zero-order valence-corrected chi connectivity index (χ0v) is 15.8. The van der Waals surface area contributed by atoms with E-state index in [4.69, 9.17) is 0 Å². The Hall–Kier alpha value is -3.04. The maximum atomic E-state index is 13.7. The summed E-state index contributed by atoms with van der Waals surface area (Å²) in [6.45, 7) is 1.32. The second-order valence-electron chi connectivity index (χ2n) is 5.83. The summed E-state index contributed by atoms with van der Waals surface area (Å²) >= 11 is 0. The third kappa shape index (κ3) is 5.48. The van der Waals surface area contributed by atoms with Crippen LogP contribution in [-0.2, 0) is 39.8 Å². The van der Waals surface area contributed by atoms with Crippen LogP contribution in [0.1, 0.15) is 12.5 Å². The summed E-state index contributed by atoms with van der Waals surface area (Å²) in [6.07, 6.45) is -0.708. The standard InChI is InChI=1S/C18H21F2NO7/c1-9(14(16(23)26-2)17(24)27-3)15(18(25)28-4)21-13(22)8-10-11(19)6-5-7-12(10)20/h5-7,9,14-15H,8H2,1-4H3,(H,21,22)/t9-,15+/m1/s1. The molecule has 1 N–H and O–H groups in total. The van der Waals surface area contributed by atoms with Gasteiger partial charge in [0.15, 0.2) is 5.92 Å². The molecule has 0 aliphatic carbocycles. The Morgan fingerprint density at radius 1 is 0.929 bits per heavy atom. The van der Waals surface area contributed by atoms with Crippen molar-refractivity contribution < 1.29 is 42.2 Å². The number of carbonyl (C=O) groups is 4. The first kappa shape index (κ1) is 23.0. The maximum Gasteiger partial charge on any atom is 0.328 e. The lowest BCUT2D eigenvalue weighted by molar-refractivity contribution is -0.163. The average molecular weight is 401 g/mol. The van der Waals surface area contributed by atoms with Gasteiger partial charge in [0.2, 0.25) is 5.91 Å². The predicted octanol–water partition coefficient (Wildman–Crippen LogP) is 0.763. The van der Waals surface area contributed by atoms with E-state index >= 15 is 0 Å². The average Bonchev–Trinajstić information content (AvgIpc) is 2.67. The minimum Gasteiger partial charge on any atom is -0.468 e. The highest BCUT2D eigenvalue weighted by atomic mass is 19.1. The molecule has 0 heterocycles. The molecular weight excluding hydrogens is 380 g/mol. The molecule has 0 aromatic heterocycles. The van der Waals surface area contributed by atoms with Crippen LogP contribution in [0.15, 0.2) is 18.2 Å². The van der Waals surface area contributed by atoms with Gasteiger partial charge >= 0.3 is 17.9 Å². The van der Waals surface area contributed by atoms with E-state index in [1.807, 2.05) is 0 Å². The highest BCUT2D eigenvalue weighted by molar-refractivity contribution is 5.96. The number of esters is 3. The van der Waals surface area contributed by atoms with Gasteiger partial charge in [0.1, 0.15) is 17.7 Å². The quantitative estimate of drug-likeness (QED) is 0.389. The van der Waals surface area contributed by atoms with E-state index in [9.17, 15) is 28.0 Å². The molecule has 10 heteroatoms. The number of hydrogen-bond donors (Lipinski definition) is 1. The Kier molecular flexibility index (Phi) is 8.49. The summed E-state index contributed by atoms with van der Waals surface area (Å²) in [4.78, 5) is 48.3. The highest BCUT2D eigenvalue weighted by Gasteiger charge is 2.42. The van der Waals surface area contributed by atoms with Crippen LogP contribution >= 0.6 is 0 Å². The van der Waals surface area contributed by atoms with Gasteiger partial charge in [-0.25, -0.2) is 13.6 Å². The van der Waals surface area contributed by atoms with Crippen molar-refractivity contribution in [3.05, 3.63) is 35.4 Å². The first-order chi connectivity index (χ1) is 13.2. The molecule has 28 heavy (non-hydrogen) atoms. The van der Waals surface area contributed by atoms with Crippen molar-refractivity contribution in [2.24, 2.45) is 11.8 Å². The third-order valence-corrected chi connectivity index (χ3v) is 4.13. The second-order valence-corrected chi connectivity index (χ2v) is 5.83. The molecule has 0 saturated heterocycles. The number of amides is 1. The van der Waals surface area contributed by atoms with Crippen molar-refractivity contribution >= 4 is 23.8 Å². The van der Waals surface area contributed by atoms with E-state index in [0.717, 1.165) is 39.5 Å². The fraction of sp³-hybridized carbons (Fsp3) is 0.444. The molecule has 0 bridgehead atoms. The summed E-state index contributed by atoms with van der Waals surface area (Å²) in [5.74, 6) is -8.39. The number of methoxy groups -OCH3 is 3. The largest absolute Gasteiger partial charge is 0.468 e. The van der Waals surface area contributed by atoms with Gasteiger partial charge in [0.05, 0.1) is 27.8 Å². The van der Waals surface area contributed by atoms with Crippen molar-refractivity contribution in [3.63, 3.8) is 0 Å². The Bertz CT molecular complexity index is 717. The van der Waals surface area contributed by atoms with Gasteiger partial charge in [0, 0.05) is 11.5 Å². The monoisotopic (exact) mass is 401 g/mol. The topological polar surface area (TPSA) is 108 Å². The summed E-state index contributed by atoms with van der Waals surface area (Å²) in [6, 6.07) is 1.63. The van der Waals surface area contributed by atoms with Crippen LogP contribution in [0.5, 0.6) is 0 Å². The molecule has 0 spiro atoms. The predicted molar refractivity (Wildman–Crippen MR) is 90.7 cm³/mol.